The van der Waals surface area contributed by atoms with E-state index >= 15 is 0 Å². The van der Waals surface area contributed by atoms with E-state index in [0.717, 1.165) is 19.4 Å². The van der Waals surface area contributed by atoms with Crippen LogP contribution in [0, 0.1) is 5.82 Å². The first-order valence-electron chi connectivity index (χ1n) is 6.98. The maximum atomic E-state index is 13.4. The van der Waals surface area contributed by atoms with Crippen LogP contribution in [0.25, 0.3) is 0 Å². The lowest BCUT2D eigenvalue weighted by atomic mass is 10.1. The highest BCUT2D eigenvalue weighted by Gasteiger charge is 2.24. The lowest BCUT2D eigenvalue weighted by Gasteiger charge is -2.29. The third-order valence-corrected chi connectivity index (χ3v) is 4.03. The van der Waals surface area contributed by atoms with Crippen LogP contribution in [0.1, 0.15) is 37.0 Å². The largest absolute Gasteiger partial charge is 0.335 e. The molecule has 0 saturated carbocycles. The number of halogens is 2. The van der Waals surface area contributed by atoms with Crippen LogP contribution in [0.3, 0.4) is 0 Å². The van der Waals surface area contributed by atoms with Crippen LogP contribution < -0.4 is 5.32 Å². The third-order valence-electron chi connectivity index (χ3n) is 3.57. The molecule has 0 aromatic heterocycles. The van der Waals surface area contributed by atoms with Crippen LogP contribution in [-0.4, -0.2) is 36.0 Å². The van der Waals surface area contributed by atoms with Crippen molar-refractivity contribution in [2.45, 2.75) is 38.8 Å². The molecule has 1 aliphatic rings. The number of benzene rings is 1. The molecule has 1 atom stereocenters. The number of nitrogens with zero attached hydrogens (tertiary/aromatic N) is 1. The van der Waals surface area contributed by atoms with Gasteiger partial charge in [-0.2, -0.15) is 0 Å². The standard InChI is InChI=1S/C15H20BrFN2O/c1-10(2)19(9-14-4-3-5-18-14)15(20)11-6-12(16)8-13(17)7-11/h6-8,10,14,18H,3-5,9H2,1-2H3. The summed E-state index contributed by atoms with van der Waals surface area (Å²) in [6.45, 7) is 5.66. The summed E-state index contributed by atoms with van der Waals surface area (Å²) in [4.78, 5) is 14.4. The van der Waals surface area contributed by atoms with E-state index in [0.29, 0.717) is 22.6 Å². The maximum absolute atomic E-state index is 13.4. The summed E-state index contributed by atoms with van der Waals surface area (Å²) >= 11 is 3.23. The smallest absolute Gasteiger partial charge is 0.254 e. The fourth-order valence-electron chi connectivity index (χ4n) is 2.52. The highest BCUT2D eigenvalue weighted by Crippen LogP contribution is 2.18. The highest BCUT2D eigenvalue weighted by atomic mass is 79.9. The van der Waals surface area contributed by atoms with Gasteiger partial charge in [0.15, 0.2) is 0 Å². The van der Waals surface area contributed by atoms with Crippen molar-refractivity contribution in [1.29, 1.82) is 0 Å². The van der Waals surface area contributed by atoms with Crippen molar-refractivity contribution >= 4 is 21.8 Å². The molecule has 0 bridgehead atoms. The number of nitrogens with one attached hydrogen (secondary N) is 1. The van der Waals surface area contributed by atoms with Gasteiger partial charge >= 0.3 is 0 Å². The number of carbonyl (C=O) groups excluding carboxylic acids is 1. The minimum Gasteiger partial charge on any atom is -0.335 e. The molecule has 1 fully saturated rings. The summed E-state index contributed by atoms with van der Waals surface area (Å²) in [5.41, 5.74) is 0.392. The monoisotopic (exact) mass is 342 g/mol. The third kappa shape index (κ3) is 3.79. The Morgan fingerprint density at radius 3 is 2.80 bits per heavy atom. The Bertz CT molecular complexity index is 467. The molecule has 0 aliphatic carbocycles. The molecule has 2 rings (SSSR count). The molecule has 1 amide bonds. The Labute approximate surface area is 127 Å². The molecular formula is C15H20BrFN2O. The summed E-state index contributed by atoms with van der Waals surface area (Å²) in [6.07, 6.45) is 2.24. The summed E-state index contributed by atoms with van der Waals surface area (Å²) < 4.78 is 14.0. The second kappa shape index (κ2) is 6.68. The summed E-state index contributed by atoms with van der Waals surface area (Å²) in [5.74, 6) is -0.515. The molecule has 0 radical (unpaired) electrons. The molecule has 1 unspecified atom stereocenters. The van der Waals surface area contributed by atoms with Crippen LogP contribution in [-0.2, 0) is 0 Å². The van der Waals surface area contributed by atoms with E-state index < -0.39 is 5.82 Å². The first kappa shape index (κ1) is 15.4. The number of hydrogen-bond acceptors (Lipinski definition) is 2. The molecule has 1 N–H and O–H groups in total. The van der Waals surface area contributed by atoms with Crippen molar-refractivity contribution in [2.75, 3.05) is 13.1 Å². The molecule has 1 aromatic rings. The van der Waals surface area contributed by atoms with E-state index in [1.807, 2.05) is 18.7 Å². The number of carbonyl (C=O) groups is 1. The summed E-state index contributed by atoms with van der Waals surface area (Å²) in [5, 5.41) is 3.39. The van der Waals surface area contributed by atoms with Crippen molar-refractivity contribution in [3.8, 4) is 0 Å². The van der Waals surface area contributed by atoms with Crippen LogP contribution in [0.5, 0.6) is 0 Å². The molecular weight excluding hydrogens is 323 g/mol. The van der Waals surface area contributed by atoms with Crippen molar-refractivity contribution in [2.24, 2.45) is 0 Å². The molecule has 20 heavy (non-hydrogen) atoms. The van der Waals surface area contributed by atoms with Crippen LogP contribution in [0.4, 0.5) is 4.39 Å². The van der Waals surface area contributed by atoms with Crippen molar-refractivity contribution in [1.82, 2.24) is 10.2 Å². The number of hydrogen-bond donors (Lipinski definition) is 1. The van der Waals surface area contributed by atoms with E-state index in [1.54, 1.807) is 6.07 Å². The Morgan fingerprint density at radius 1 is 1.50 bits per heavy atom. The normalized spacial score (nSPS) is 18.6. The van der Waals surface area contributed by atoms with E-state index in [-0.39, 0.29) is 11.9 Å². The first-order chi connectivity index (χ1) is 9.47. The average Bonchev–Trinajstić information content (AvgIpc) is 2.86. The molecule has 1 saturated heterocycles. The van der Waals surface area contributed by atoms with Crippen LogP contribution >= 0.6 is 15.9 Å². The molecule has 1 heterocycles. The van der Waals surface area contributed by atoms with Gasteiger partial charge in [0, 0.05) is 28.7 Å². The molecule has 5 heteroatoms. The Kier molecular flexibility index (Phi) is 5.16. The SMILES string of the molecule is CC(C)N(CC1CCCN1)C(=O)c1cc(F)cc(Br)c1. The maximum Gasteiger partial charge on any atom is 0.254 e. The topological polar surface area (TPSA) is 32.3 Å². The van der Waals surface area contributed by atoms with Gasteiger partial charge in [0.25, 0.3) is 5.91 Å². The minimum atomic E-state index is -0.398. The molecule has 0 spiro atoms. The van der Waals surface area contributed by atoms with E-state index in [9.17, 15) is 9.18 Å². The second-order valence-electron chi connectivity index (χ2n) is 5.50. The number of amides is 1. The van der Waals surface area contributed by atoms with Gasteiger partial charge in [0.1, 0.15) is 5.82 Å². The Balaban J connectivity index is 2.17. The van der Waals surface area contributed by atoms with Gasteiger partial charge in [0.2, 0.25) is 0 Å². The van der Waals surface area contributed by atoms with Crippen molar-refractivity contribution in [3.05, 3.63) is 34.1 Å². The zero-order chi connectivity index (χ0) is 14.7. The average molecular weight is 343 g/mol. The van der Waals surface area contributed by atoms with Crippen molar-refractivity contribution < 1.29 is 9.18 Å². The molecule has 110 valence electrons. The zero-order valence-corrected chi connectivity index (χ0v) is 13.4. The Hall–Kier alpha value is -0.940. The molecule has 1 aliphatic heterocycles. The zero-order valence-electron chi connectivity index (χ0n) is 11.8. The van der Waals surface area contributed by atoms with Crippen molar-refractivity contribution in [3.63, 3.8) is 0 Å². The lowest BCUT2D eigenvalue weighted by Crippen LogP contribution is -2.44. The lowest BCUT2D eigenvalue weighted by molar-refractivity contribution is 0.0688. The fraction of sp³-hybridized carbons (Fsp3) is 0.533. The van der Waals surface area contributed by atoms with Gasteiger partial charge in [-0.1, -0.05) is 15.9 Å². The molecule has 3 nitrogen and oxygen atoms in total. The van der Waals surface area contributed by atoms with Crippen LogP contribution in [0.15, 0.2) is 22.7 Å². The summed E-state index contributed by atoms with van der Waals surface area (Å²) in [7, 11) is 0. The van der Waals surface area contributed by atoms with Gasteiger partial charge in [-0.3, -0.25) is 4.79 Å². The van der Waals surface area contributed by atoms with E-state index in [4.69, 9.17) is 0 Å². The van der Waals surface area contributed by atoms with Gasteiger partial charge in [-0.25, -0.2) is 4.39 Å². The quantitative estimate of drug-likeness (QED) is 0.911. The summed E-state index contributed by atoms with van der Waals surface area (Å²) in [6, 6.07) is 4.76. The predicted molar refractivity (Wildman–Crippen MR) is 81.3 cm³/mol. The van der Waals surface area contributed by atoms with Gasteiger partial charge < -0.3 is 10.2 Å². The second-order valence-corrected chi connectivity index (χ2v) is 6.42. The van der Waals surface area contributed by atoms with Gasteiger partial charge in [-0.05, 0) is 51.4 Å². The van der Waals surface area contributed by atoms with Crippen LogP contribution in [0.2, 0.25) is 0 Å². The van der Waals surface area contributed by atoms with E-state index in [2.05, 4.69) is 21.2 Å². The fourth-order valence-corrected chi connectivity index (χ4v) is 2.99. The van der Waals surface area contributed by atoms with Gasteiger partial charge in [0.05, 0.1) is 0 Å². The molecule has 1 aromatic carbocycles. The van der Waals surface area contributed by atoms with E-state index in [1.165, 1.54) is 12.1 Å². The minimum absolute atomic E-state index is 0.0898. The van der Waals surface area contributed by atoms with Gasteiger partial charge in [-0.15, -0.1) is 0 Å². The first-order valence-corrected chi connectivity index (χ1v) is 7.77. The Morgan fingerprint density at radius 2 is 2.25 bits per heavy atom. The highest BCUT2D eigenvalue weighted by molar-refractivity contribution is 9.10. The number of rotatable bonds is 4. The predicted octanol–water partition coefficient (Wildman–Crippen LogP) is 3.19.